The second-order valence-corrected chi connectivity index (χ2v) is 10.5. The number of rotatable bonds is 6. The molecule has 5 atom stereocenters. The second-order valence-electron chi connectivity index (χ2n) is 10.5. The van der Waals surface area contributed by atoms with Crippen molar-refractivity contribution in [1.29, 1.82) is 0 Å². The van der Waals surface area contributed by atoms with Gasteiger partial charge < -0.3 is 14.8 Å². The number of carbonyl (C=O) groups excluding carboxylic acids is 2. The SMILES string of the molecule is CC1C=C(F)C=CC1(C)[C@@H](C1CCCCC1)[C@H](C)OC(=O)[C@H](C)NC(=O)OC(C)(C)C. The van der Waals surface area contributed by atoms with E-state index in [0.29, 0.717) is 5.92 Å². The van der Waals surface area contributed by atoms with E-state index in [-0.39, 0.29) is 29.2 Å². The second kappa shape index (κ2) is 10.2. The number of hydrogen-bond acceptors (Lipinski definition) is 4. The lowest BCUT2D eigenvalue weighted by atomic mass is 9.58. The molecular weight excluding hydrogens is 397 g/mol. The molecule has 176 valence electrons. The van der Waals surface area contributed by atoms with Gasteiger partial charge in [-0.15, -0.1) is 0 Å². The van der Waals surface area contributed by atoms with E-state index in [1.165, 1.54) is 12.5 Å². The molecule has 31 heavy (non-hydrogen) atoms. The number of alkyl carbamates (subject to hydrolysis) is 1. The maximum absolute atomic E-state index is 13.9. The topological polar surface area (TPSA) is 64.6 Å². The Balaban J connectivity index is 2.14. The number of allylic oxidation sites excluding steroid dienone is 4. The van der Waals surface area contributed by atoms with Crippen molar-refractivity contribution in [3.63, 3.8) is 0 Å². The van der Waals surface area contributed by atoms with E-state index < -0.39 is 23.7 Å². The first-order valence-corrected chi connectivity index (χ1v) is 11.6. The summed E-state index contributed by atoms with van der Waals surface area (Å²) in [6, 6.07) is -0.825. The largest absolute Gasteiger partial charge is 0.461 e. The minimum atomic E-state index is -0.825. The lowest BCUT2D eigenvalue weighted by molar-refractivity contribution is -0.157. The first kappa shape index (κ1) is 25.4. The number of nitrogens with one attached hydrogen (secondary N) is 1. The average Bonchev–Trinajstić information content (AvgIpc) is 2.64. The van der Waals surface area contributed by atoms with Gasteiger partial charge in [-0.05, 0) is 64.0 Å². The summed E-state index contributed by atoms with van der Waals surface area (Å²) in [6.07, 6.45) is 9.86. The van der Waals surface area contributed by atoms with E-state index in [1.807, 2.05) is 19.9 Å². The minimum Gasteiger partial charge on any atom is -0.461 e. The van der Waals surface area contributed by atoms with E-state index >= 15 is 0 Å². The summed E-state index contributed by atoms with van der Waals surface area (Å²) >= 11 is 0. The molecule has 2 unspecified atom stereocenters. The molecule has 0 heterocycles. The molecule has 0 spiro atoms. The van der Waals surface area contributed by atoms with Crippen LogP contribution in [0, 0.1) is 23.2 Å². The summed E-state index contributed by atoms with van der Waals surface area (Å²) in [4.78, 5) is 24.8. The van der Waals surface area contributed by atoms with Gasteiger partial charge in [0.15, 0.2) is 0 Å². The third kappa shape index (κ3) is 6.81. The Morgan fingerprint density at radius 2 is 1.81 bits per heavy atom. The smallest absolute Gasteiger partial charge is 0.408 e. The predicted octanol–water partition coefficient (Wildman–Crippen LogP) is 6.09. The van der Waals surface area contributed by atoms with Crippen LogP contribution in [-0.2, 0) is 14.3 Å². The normalized spacial score (nSPS) is 27.6. The van der Waals surface area contributed by atoms with Gasteiger partial charge in [0.1, 0.15) is 23.6 Å². The van der Waals surface area contributed by atoms with Crippen molar-refractivity contribution < 1.29 is 23.5 Å². The molecule has 0 aromatic rings. The summed E-state index contributed by atoms with van der Waals surface area (Å²) in [7, 11) is 0. The van der Waals surface area contributed by atoms with Gasteiger partial charge >= 0.3 is 12.1 Å². The average molecular weight is 438 g/mol. The molecular formula is C25H40FNO4. The van der Waals surface area contributed by atoms with Crippen LogP contribution in [0.3, 0.4) is 0 Å². The van der Waals surface area contributed by atoms with Gasteiger partial charge in [0.05, 0.1) is 0 Å². The Hall–Kier alpha value is -1.85. The Bertz CT molecular complexity index is 705. The van der Waals surface area contributed by atoms with Gasteiger partial charge in [0, 0.05) is 5.92 Å². The Morgan fingerprint density at radius 3 is 2.35 bits per heavy atom. The molecule has 6 heteroatoms. The number of carbonyl (C=O) groups is 2. The first-order valence-electron chi connectivity index (χ1n) is 11.6. The summed E-state index contributed by atoms with van der Waals surface area (Å²) in [6.45, 7) is 13.0. The Morgan fingerprint density at radius 1 is 1.19 bits per heavy atom. The molecule has 5 nitrogen and oxygen atoms in total. The molecule has 0 radical (unpaired) electrons. The van der Waals surface area contributed by atoms with Gasteiger partial charge in [-0.1, -0.05) is 52.0 Å². The highest BCUT2D eigenvalue weighted by molar-refractivity contribution is 5.81. The van der Waals surface area contributed by atoms with Crippen LogP contribution in [0.2, 0.25) is 0 Å². The molecule has 0 saturated heterocycles. The van der Waals surface area contributed by atoms with E-state index in [2.05, 4.69) is 12.2 Å². The van der Waals surface area contributed by atoms with Crippen LogP contribution in [-0.4, -0.2) is 29.8 Å². The number of hydrogen-bond donors (Lipinski definition) is 1. The summed E-state index contributed by atoms with van der Waals surface area (Å²) < 4.78 is 25.0. The van der Waals surface area contributed by atoms with E-state index in [0.717, 1.165) is 25.7 Å². The number of halogens is 1. The fourth-order valence-corrected chi connectivity index (χ4v) is 5.09. The van der Waals surface area contributed by atoms with Gasteiger partial charge in [-0.3, -0.25) is 0 Å². The molecule has 1 fully saturated rings. The zero-order valence-corrected chi connectivity index (χ0v) is 20.2. The Labute approximate surface area is 186 Å². The Kier molecular flexibility index (Phi) is 8.34. The van der Waals surface area contributed by atoms with Crippen molar-refractivity contribution in [3.8, 4) is 0 Å². The molecule has 1 amide bonds. The van der Waals surface area contributed by atoms with Crippen LogP contribution in [0.4, 0.5) is 9.18 Å². The maximum atomic E-state index is 13.9. The van der Waals surface area contributed by atoms with Gasteiger partial charge in [-0.25, -0.2) is 14.0 Å². The molecule has 2 aliphatic carbocycles. The van der Waals surface area contributed by atoms with Crippen molar-refractivity contribution in [2.75, 3.05) is 0 Å². The lowest BCUT2D eigenvalue weighted by Crippen LogP contribution is -2.48. The standard InChI is InChI=1S/C25H40FNO4/c1-16-15-20(26)13-14-25(16,7)21(19-11-9-8-10-12-19)18(3)30-22(28)17(2)27-23(29)31-24(4,5)6/h13-19,21H,8-12H2,1-7H3,(H,27,29)/t16?,17-,18-,21+,25?/m0/s1. The van der Waals surface area contributed by atoms with Gasteiger partial charge in [0.2, 0.25) is 0 Å². The highest BCUT2D eigenvalue weighted by Crippen LogP contribution is 2.50. The van der Waals surface area contributed by atoms with Crippen LogP contribution < -0.4 is 5.32 Å². The third-order valence-corrected chi connectivity index (χ3v) is 6.76. The minimum absolute atomic E-state index is 0.0112. The molecule has 0 aromatic carbocycles. The highest BCUT2D eigenvalue weighted by atomic mass is 19.1. The van der Waals surface area contributed by atoms with Crippen LogP contribution in [0.15, 0.2) is 24.1 Å². The van der Waals surface area contributed by atoms with Crippen LogP contribution in [0.5, 0.6) is 0 Å². The number of ether oxygens (including phenoxy) is 2. The van der Waals surface area contributed by atoms with Crippen LogP contribution >= 0.6 is 0 Å². The zero-order chi connectivity index (χ0) is 23.4. The summed E-state index contributed by atoms with van der Waals surface area (Å²) in [5.74, 6) is -0.259. The van der Waals surface area contributed by atoms with Crippen molar-refractivity contribution in [3.05, 3.63) is 24.1 Å². The van der Waals surface area contributed by atoms with Crippen molar-refractivity contribution in [2.24, 2.45) is 23.2 Å². The van der Waals surface area contributed by atoms with Crippen molar-refractivity contribution >= 4 is 12.1 Å². The van der Waals surface area contributed by atoms with Crippen LogP contribution in [0.1, 0.15) is 80.6 Å². The maximum Gasteiger partial charge on any atom is 0.408 e. The molecule has 2 aliphatic rings. The molecule has 1 saturated carbocycles. The predicted molar refractivity (Wildman–Crippen MR) is 120 cm³/mol. The van der Waals surface area contributed by atoms with E-state index in [9.17, 15) is 14.0 Å². The molecule has 0 aromatic heterocycles. The van der Waals surface area contributed by atoms with Crippen LogP contribution in [0.25, 0.3) is 0 Å². The third-order valence-electron chi connectivity index (χ3n) is 6.76. The highest BCUT2D eigenvalue weighted by Gasteiger charge is 2.46. The summed E-state index contributed by atoms with van der Waals surface area (Å²) in [5, 5.41) is 2.55. The summed E-state index contributed by atoms with van der Waals surface area (Å²) in [5.41, 5.74) is -0.965. The fraction of sp³-hybridized carbons (Fsp3) is 0.760. The number of amides is 1. The van der Waals surface area contributed by atoms with E-state index in [4.69, 9.17) is 9.47 Å². The fourth-order valence-electron chi connectivity index (χ4n) is 5.09. The number of esters is 1. The monoisotopic (exact) mass is 437 g/mol. The van der Waals surface area contributed by atoms with E-state index in [1.54, 1.807) is 33.8 Å². The molecule has 2 rings (SSSR count). The molecule has 1 N–H and O–H groups in total. The zero-order valence-electron chi connectivity index (χ0n) is 20.2. The lowest BCUT2D eigenvalue weighted by Gasteiger charge is -2.48. The van der Waals surface area contributed by atoms with Gasteiger partial charge in [0.25, 0.3) is 0 Å². The van der Waals surface area contributed by atoms with Crippen molar-refractivity contribution in [2.45, 2.75) is 98.3 Å². The van der Waals surface area contributed by atoms with Crippen molar-refractivity contribution in [1.82, 2.24) is 5.32 Å². The van der Waals surface area contributed by atoms with Gasteiger partial charge in [-0.2, -0.15) is 0 Å². The molecule has 0 bridgehead atoms. The molecule has 0 aliphatic heterocycles. The first-order chi connectivity index (χ1) is 14.3. The quantitative estimate of drug-likeness (QED) is 0.511.